The number of benzene rings is 2. The van der Waals surface area contributed by atoms with E-state index in [9.17, 15) is 18.0 Å². The van der Waals surface area contributed by atoms with Crippen LogP contribution in [0.3, 0.4) is 0 Å². The summed E-state index contributed by atoms with van der Waals surface area (Å²) in [6, 6.07) is 12.1. The predicted octanol–water partition coefficient (Wildman–Crippen LogP) is 1.64. The van der Waals surface area contributed by atoms with Crippen molar-refractivity contribution in [3.05, 3.63) is 59.2 Å². The number of carbonyl (C=O) groups excluding carboxylic acids is 2. The topological polar surface area (TPSA) is 86.8 Å². The number of nitrogens with zero attached hydrogens (tertiary/aromatic N) is 2. The van der Waals surface area contributed by atoms with Gasteiger partial charge in [-0.05, 0) is 42.8 Å². The largest absolute Gasteiger partial charge is 0.336 e. The van der Waals surface area contributed by atoms with Gasteiger partial charge in [0.2, 0.25) is 15.9 Å². The van der Waals surface area contributed by atoms with Crippen LogP contribution < -0.4 is 5.32 Å². The molecule has 2 heterocycles. The number of hydrogen-bond donors (Lipinski definition) is 1. The van der Waals surface area contributed by atoms with Gasteiger partial charge in [0, 0.05) is 37.4 Å². The van der Waals surface area contributed by atoms with Gasteiger partial charge >= 0.3 is 0 Å². The highest BCUT2D eigenvalue weighted by molar-refractivity contribution is 7.89. The molecular formula is C20H21N3O4S. The highest BCUT2D eigenvalue weighted by Crippen LogP contribution is 2.27. The molecule has 1 fully saturated rings. The van der Waals surface area contributed by atoms with Crippen LogP contribution in [0.4, 0.5) is 5.69 Å². The Hall–Kier alpha value is -2.71. The molecule has 8 heteroatoms. The molecule has 7 nitrogen and oxygen atoms in total. The normalized spacial score (nSPS) is 17.3. The Labute approximate surface area is 164 Å². The number of carbonyl (C=O) groups is 2. The third kappa shape index (κ3) is 3.41. The minimum atomic E-state index is -3.67. The lowest BCUT2D eigenvalue weighted by molar-refractivity contribution is -0.115. The van der Waals surface area contributed by atoms with E-state index in [2.05, 4.69) is 5.32 Å². The van der Waals surface area contributed by atoms with E-state index in [0.29, 0.717) is 29.9 Å². The standard InChI is InChI=1S/C20H21N3O4S/c1-14-3-2-4-15(11-14)20(25)22-7-9-23(10-8-22)28(26,27)17-5-6-18-16(12-17)13-19(24)21-18/h2-6,11-12H,7-10,13H2,1H3,(H,21,24). The second-order valence-corrected chi connectivity index (χ2v) is 9.05. The van der Waals surface area contributed by atoms with Crippen molar-refractivity contribution in [2.24, 2.45) is 0 Å². The van der Waals surface area contributed by atoms with Crippen molar-refractivity contribution in [3.8, 4) is 0 Å². The van der Waals surface area contributed by atoms with Crippen LogP contribution in [0.25, 0.3) is 0 Å². The van der Waals surface area contributed by atoms with E-state index in [4.69, 9.17) is 0 Å². The zero-order valence-corrected chi connectivity index (χ0v) is 16.3. The van der Waals surface area contributed by atoms with Gasteiger partial charge in [-0.15, -0.1) is 0 Å². The summed E-state index contributed by atoms with van der Waals surface area (Å²) in [7, 11) is -3.67. The molecule has 28 heavy (non-hydrogen) atoms. The smallest absolute Gasteiger partial charge is 0.253 e. The molecule has 0 radical (unpaired) electrons. The lowest BCUT2D eigenvalue weighted by Crippen LogP contribution is -2.50. The molecule has 0 aliphatic carbocycles. The van der Waals surface area contributed by atoms with Gasteiger partial charge in [0.15, 0.2) is 0 Å². The average Bonchev–Trinajstić information content (AvgIpc) is 3.06. The first kappa shape index (κ1) is 18.6. The Morgan fingerprint density at radius 1 is 1.04 bits per heavy atom. The number of hydrogen-bond acceptors (Lipinski definition) is 4. The Morgan fingerprint density at radius 2 is 1.79 bits per heavy atom. The maximum Gasteiger partial charge on any atom is 0.253 e. The lowest BCUT2D eigenvalue weighted by Gasteiger charge is -2.34. The Kier molecular flexibility index (Phi) is 4.68. The monoisotopic (exact) mass is 399 g/mol. The zero-order valence-electron chi connectivity index (χ0n) is 15.5. The van der Waals surface area contributed by atoms with Crippen LogP contribution >= 0.6 is 0 Å². The van der Waals surface area contributed by atoms with Gasteiger partial charge < -0.3 is 10.2 Å². The Bertz CT molecular complexity index is 1060. The third-order valence-corrected chi connectivity index (χ3v) is 7.03. The van der Waals surface area contributed by atoms with Crippen molar-refractivity contribution < 1.29 is 18.0 Å². The third-order valence-electron chi connectivity index (χ3n) is 5.13. The molecule has 2 aliphatic heterocycles. The van der Waals surface area contributed by atoms with Crippen LogP contribution in [0.1, 0.15) is 21.5 Å². The minimum Gasteiger partial charge on any atom is -0.336 e. The van der Waals surface area contributed by atoms with Crippen molar-refractivity contribution >= 4 is 27.5 Å². The van der Waals surface area contributed by atoms with E-state index in [1.807, 2.05) is 25.1 Å². The summed E-state index contributed by atoms with van der Waals surface area (Å²) in [6.45, 7) is 3.11. The fourth-order valence-corrected chi connectivity index (χ4v) is 5.08. The molecule has 1 saturated heterocycles. The van der Waals surface area contributed by atoms with Crippen LogP contribution in [0.15, 0.2) is 47.4 Å². The molecule has 0 bridgehead atoms. The van der Waals surface area contributed by atoms with Crippen molar-refractivity contribution in [1.82, 2.24) is 9.21 Å². The van der Waals surface area contributed by atoms with Crippen LogP contribution in [-0.4, -0.2) is 55.6 Å². The molecule has 2 aromatic carbocycles. The van der Waals surface area contributed by atoms with Crippen LogP contribution in [0, 0.1) is 6.92 Å². The van der Waals surface area contributed by atoms with E-state index < -0.39 is 10.0 Å². The molecule has 0 saturated carbocycles. The van der Waals surface area contributed by atoms with Crippen LogP contribution in [0.5, 0.6) is 0 Å². The SMILES string of the molecule is Cc1cccc(C(=O)N2CCN(S(=O)(=O)c3ccc4c(c3)CC(=O)N4)CC2)c1. The highest BCUT2D eigenvalue weighted by Gasteiger charge is 2.31. The van der Waals surface area contributed by atoms with Gasteiger partial charge in [-0.3, -0.25) is 9.59 Å². The van der Waals surface area contributed by atoms with Gasteiger partial charge in [0.25, 0.3) is 5.91 Å². The summed E-state index contributed by atoms with van der Waals surface area (Å²) in [5.41, 5.74) is 2.99. The van der Waals surface area contributed by atoms with E-state index >= 15 is 0 Å². The van der Waals surface area contributed by atoms with Gasteiger partial charge in [0.05, 0.1) is 11.3 Å². The van der Waals surface area contributed by atoms with Crippen molar-refractivity contribution in [3.63, 3.8) is 0 Å². The first-order valence-electron chi connectivity index (χ1n) is 9.13. The van der Waals surface area contributed by atoms with Crippen molar-refractivity contribution in [1.29, 1.82) is 0 Å². The molecule has 0 atom stereocenters. The summed E-state index contributed by atoms with van der Waals surface area (Å²) >= 11 is 0. The molecule has 2 aliphatic rings. The number of nitrogens with one attached hydrogen (secondary N) is 1. The second kappa shape index (κ2) is 7.03. The molecule has 146 valence electrons. The summed E-state index contributed by atoms with van der Waals surface area (Å²) in [5.74, 6) is -0.212. The number of sulfonamides is 1. The molecule has 0 unspecified atom stereocenters. The molecule has 4 rings (SSSR count). The Morgan fingerprint density at radius 3 is 2.50 bits per heavy atom. The van der Waals surface area contributed by atoms with Gasteiger partial charge in [0.1, 0.15) is 0 Å². The van der Waals surface area contributed by atoms with Gasteiger partial charge in [-0.1, -0.05) is 17.7 Å². The molecule has 2 amide bonds. The van der Waals surface area contributed by atoms with E-state index in [1.54, 1.807) is 23.1 Å². The summed E-state index contributed by atoms with van der Waals surface area (Å²) in [5, 5.41) is 2.70. The fourth-order valence-electron chi connectivity index (χ4n) is 3.61. The molecule has 2 aromatic rings. The van der Waals surface area contributed by atoms with Gasteiger partial charge in [-0.25, -0.2) is 8.42 Å². The highest BCUT2D eigenvalue weighted by atomic mass is 32.2. The van der Waals surface area contributed by atoms with Crippen molar-refractivity contribution in [2.45, 2.75) is 18.2 Å². The number of piperazine rings is 1. The number of fused-ring (bicyclic) bond motifs is 1. The number of rotatable bonds is 3. The molecule has 0 spiro atoms. The van der Waals surface area contributed by atoms with Gasteiger partial charge in [-0.2, -0.15) is 4.31 Å². The minimum absolute atomic E-state index is 0.0807. The lowest BCUT2D eigenvalue weighted by atomic mass is 10.1. The van der Waals surface area contributed by atoms with E-state index in [-0.39, 0.29) is 36.2 Å². The van der Waals surface area contributed by atoms with E-state index in [0.717, 1.165) is 5.56 Å². The summed E-state index contributed by atoms with van der Waals surface area (Å²) in [4.78, 5) is 26.0. The predicted molar refractivity (Wildman–Crippen MR) is 105 cm³/mol. The summed E-state index contributed by atoms with van der Waals surface area (Å²) < 4.78 is 27.4. The van der Waals surface area contributed by atoms with Crippen LogP contribution in [0.2, 0.25) is 0 Å². The summed E-state index contributed by atoms with van der Waals surface area (Å²) in [6.07, 6.45) is 0.192. The number of aryl methyl sites for hydroxylation is 1. The maximum atomic E-state index is 13.0. The number of anilines is 1. The zero-order chi connectivity index (χ0) is 19.9. The first-order chi connectivity index (χ1) is 13.3. The average molecular weight is 399 g/mol. The van der Waals surface area contributed by atoms with E-state index in [1.165, 1.54) is 10.4 Å². The fraction of sp³-hybridized carbons (Fsp3) is 0.300. The first-order valence-corrected chi connectivity index (χ1v) is 10.6. The quantitative estimate of drug-likeness (QED) is 0.850. The second-order valence-electron chi connectivity index (χ2n) is 7.11. The molecule has 0 aromatic heterocycles. The molecular weight excluding hydrogens is 378 g/mol. The van der Waals surface area contributed by atoms with Crippen LogP contribution in [-0.2, 0) is 21.2 Å². The molecule has 1 N–H and O–H groups in total. The maximum absolute atomic E-state index is 13.0. The van der Waals surface area contributed by atoms with Crippen molar-refractivity contribution in [2.75, 3.05) is 31.5 Å². The Balaban J connectivity index is 1.47. The number of amides is 2.